The number of carbonyl (C=O) groups is 1. The van der Waals surface area contributed by atoms with E-state index in [0.717, 1.165) is 6.54 Å². The lowest BCUT2D eigenvalue weighted by Gasteiger charge is -2.17. The highest BCUT2D eigenvalue weighted by atomic mass is 32.1. The largest absolute Gasteiger partial charge is 0.477 e. The van der Waals surface area contributed by atoms with Crippen molar-refractivity contribution >= 4 is 23.1 Å². The molecular weight excluding hydrogens is 288 g/mol. The molecule has 3 heterocycles. The molecule has 6 heteroatoms. The highest BCUT2D eigenvalue weighted by molar-refractivity contribution is 7.08. The molecule has 1 aliphatic heterocycles. The van der Waals surface area contributed by atoms with Gasteiger partial charge in [0.05, 0.1) is 0 Å². The maximum absolute atomic E-state index is 11.0. The maximum atomic E-state index is 11.0. The Morgan fingerprint density at radius 1 is 1.38 bits per heavy atom. The monoisotopic (exact) mass is 304 g/mol. The van der Waals surface area contributed by atoms with E-state index in [2.05, 4.69) is 21.3 Å². The third-order valence-corrected chi connectivity index (χ3v) is 4.63. The van der Waals surface area contributed by atoms with E-state index >= 15 is 0 Å². The van der Waals surface area contributed by atoms with Crippen molar-refractivity contribution in [1.29, 1.82) is 0 Å². The normalized spacial score (nSPS) is 21.7. The first-order valence-electron chi connectivity index (χ1n) is 6.77. The zero-order valence-corrected chi connectivity index (χ0v) is 12.2. The number of carboxylic acid groups (broad SMARTS) is 1. The van der Waals surface area contributed by atoms with Crippen molar-refractivity contribution in [2.75, 3.05) is 24.6 Å². The van der Waals surface area contributed by atoms with Gasteiger partial charge in [-0.05, 0) is 34.5 Å². The Kier molecular flexibility index (Phi) is 3.90. The molecule has 0 amide bonds. The number of rotatable bonds is 4. The molecule has 110 valence electrons. The molecular formula is C15H16N2O3S. The fourth-order valence-corrected chi connectivity index (χ4v) is 3.55. The van der Waals surface area contributed by atoms with E-state index in [1.54, 1.807) is 17.4 Å². The molecule has 0 spiro atoms. The Labute approximate surface area is 126 Å². The van der Waals surface area contributed by atoms with Crippen molar-refractivity contribution in [1.82, 2.24) is 4.98 Å². The van der Waals surface area contributed by atoms with E-state index in [0.29, 0.717) is 12.4 Å². The van der Waals surface area contributed by atoms with Crippen molar-refractivity contribution in [3.05, 3.63) is 46.3 Å². The van der Waals surface area contributed by atoms with Gasteiger partial charge in [0.25, 0.3) is 0 Å². The van der Waals surface area contributed by atoms with Crippen LogP contribution in [0.1, 0.15) is 22.0 Å². The van der Waals surface area contributed by atoms with Crippen LogP contribution in [0.4, 0.5) is 5.82 Å². The molecule has 2 aromatic heterocycles. The second-order valence-corrected chi connectivity index (χ2v) is 5.98. The van der Waals surface area contributed by atoms with Crippen molar-refractivity contribution in [2.45, 2.75) is 5.92 Å². The number of aromatic nitrogens is 1. The summed E-state index contributed by atoms with van der Waals surface area (Å²) in [5, 5.41) is 22.8. The first kappa shape index (κ1) is 14.0. The number of anilines is 1. The summed E-state index contributed by atoms with van der Waals surface area (Å²) in [4.78, 5) is 17.3. The van der Waals surface area contributed by atoms with Gasteiger partial charge < -0.3 is 15.1 Å². The van der Waals surface area contributed by atoms with Gasteiger partial charge in [-0.1, -0.05) is 6.07 Å². The van der Waals surface area contributed by atoms with Crippen molar-refractivity contribution in [3.63, 3.8) is 0 Å². The minimum absolute atomic E-state index is 0.0482. The average Bonchev–Trinajstić information content (AvgIpc) is 3.16. The number of aliphatic hydroxyl groups excluding tert-OH is 1. The Morgan fingerprint density at radius 3 is 2.90 bits per heavy atom. The van der Waals surface area contributed by atoms with Crippen LogP contribution >= 0.6 is 11.3 Å². The second-order valence-electron chi connectivity index (χ2n) is 5.20. The van der Waals surface area contributed by atoms with Gasteiger partial charge >= 0.3 is 5.97 Å². The van der Waals surface area contributed by atoms with Crippen molar-refractivity contribution < 1.29 is 15.0 Å². The van der Waals surface area contributed by atoms with E-state index < -0.39 is 5.97 Å². The average molecular weight is 304 g/mol. The molecule has 0 bridgehead atoms. The van der Waals surface area contributed by atoms with Crippen LogP contribution in [0, 0.1) is 5.92 Å². The Balaban J connectivity index is 1.84. The van der Waals surface area contributed by atoms with E-state index in [1.165, 1.54) is 11.6 Å². The number of carboxylic acids is 1. The lowest BCUT2D eigenvalue weighted by Crippen LogP contribution is -2.22. The van der Waals surface area contributed by atoms with Crippen LogP contribution in [-0.2, 0) is 0 Å². The summed E-state index contributed by atoms with van der Waals surface area (Å²) < 4.78 is 0. The minimum atomic E-state index is -1.02. The van der Waals surface area contributed by atoms with Gasteiger partial charge in [-0.2, -0.15) is 11.3 Å². The van der Waals surface area contributed by atoms with Crippen LogP contribution in [0.15, 0.2) is 35.0 Å². The number of aliphatic hydroxyl groups is 1. The molecule has 21 heavy (non-hydrogen) atoms. The predicted molar refractivity (Wildman–Crippen MR) is 81.0 cm³/mol. The van der Waals surface area contributed by atoms with Gasteiger partial charge in [-0.25, -0.2) is 9.78 Å². The lowest BCUT2D eigenvalue weighted by molar-refractivity contribution is 0.0690. The summed E-state index contributed by atoms with van der Waals surface area (Å²) >= 11 is 1.65. The van der Waals surface area contributed by atoms with E-state index in [9.17, 15) is 9.90 Å². The molecule has 0 radical (unpaired) electrons. The molecule has 0 aliphatic carbocycles. The minimum Gasteiger partial charge on any atom is -0.477 e. The van der Waals surface area contributed by atoms with Crippen LogP contribution < -0.4 is 4.90 Å². The molecule has 5 nitrogen and oxygen atoms in total. The third kappa shape index (κ3) is 2.77. The summed E-state index contributed by atoms with van der Waals surface area (Å²) in [7, 11) is 0. The molecule has 0 unspecified atom stereocenters. The van der Waals surface area contributed by atoms with Crippen LogP contribution in [-0.4, -0.2) is 40.9 Å². The van der Waals surface area contributed by atoms with Gasteiger partial charge in [-0.3, -0.25) is 0 Å². The highest BCUT2D eigenvalue weighted by Crippen LogP contribution is 2.35. The van der Waals surface area contributed by atoms with Gasteiger partial charge in [0.2, 0.25) is 0 Å². The van der Waals surface area contributed by atoms with E-state index in [-0.39, 0.29) is 24.1 Å². The molecule has 2 atom stereocenters. The van der Waals surface area contributed by atoms with E-state index in [1.807, 2.05) is 11.4 Å². The SMILES string of the molecule is O=C(O)c1cccc(N2C[C@@H](CO)[C@H](c3ccsc3)C2)n1. The fraction of sp³-hybridized carbons (Fsp3) is 0.333. The molecule has 1 fully saturated rings. The Bertz CT molecular complexity index is 630. The first-order chi connectivity index (χ1) is 10.2. The second kappa shape index (κ2) is 5.83. The lowest BCUT2D eigenvalue weighted by atomic mass is 9.92. The highest BCUT2D eigenvalue weighted by Gasteiger charge is 2.34. The summed E-state index contributed by atoms with van der Waals surface area (Å²) in [5.41, 5.74) is 1.28. The number of aromatic carboxylic acids is 1. The smallest absolute Gasteiger partial charge is 0.354 e. The van der Waals surface area contributed by atoms with Crippen LogP contribution in [0.2, 0.25) is 0 Å². The van der Waals surface area contributed by atoms with Crippen LogP contribution in [0.25, 0.3) is 0 Å². The summed E-state index contributed by atoms with van der Waals surface area (Å²) in [5.74, 6) is 0.0432. The quantitative estimate of drug-likeness (QED) is 0.904. The molecule has 3 rings (SSSR count). The summed E-state index contributed by atoms with van der Waals surface area (Å²) in [6.45, 7) is 1.56. The number of thiophene rings is 1. The van der Waals surface area contributed by atoms with Crippen LogP contribution in [0.5, 0.6) is 0 Å². The summed E-state index contributed by atoms with van der Waals surface area (Å²) in [6.07, 6.45) is 0. The molecule has 0 saturated carbocycles. The first-order valence-corrected chi connectivity index (χ1v) is 7.71. The fourth-order valence-electron chi connectivity index (χ4n) is 2.83. The number of hydrogen-bond acceptors (Lipinski definition) is 5. The zero-order valence-electron chi connectivity index (χ0n) is 11.3. The standard InChI is InChI=1S/C15H16N2O3S/c18-8-11-6-17(7-12(11)10-4-5-21-9-10)14-3-1-2-13(16-14)15(19)20/h1-5,9,11-12,18H,6-8H2,(H,19,20)/t11-,12-/m0/s1. The van der Waals surface area contributed by atoms with Gasteiger partial charge in [-0.15, -0.1) is 0 Å². The third-order valence-electron chi connectivity index (χ3n) is 3.92. The van der Waals surface area contributed by atoms with E-state index in [4.69, 9.17) is 5.11 Å². The summed E-state index contributed by atoms with van der Waals surface area (Å²) in [6, 6.07) is 7.10. The topological polar surface area (TPSA) is 73.7 Å². The predicted octanol–water partition coefficient (Wildman–Crippen LogP) is 2.05. The maximum Gasteiger partial charge on any atom is 0.354 e. The van der Waals surface area contributed by atoms with Crippen LogP contribution in [0.3, 0.4) is 0 Å². The van der Waals surface area contributed by atoms with Crippen molar-refractivity contribution in [2.24, 2.45) is 5.92 Å². The molecule has 2 N–H and O–H groups in total. The Morgan fingerprint density at radius 2 is 2.24 bits per heavy atom. The molecule has 1 saturated heterocycles. The number of nitrogens with zero attached hydrogens (tertiary/aromatic N) is 2. The number of pyridine rings is 1. The van der Waals surface area contributed by atoms with Gasteiger partial charge in [0.15, 0.2) is 5.69 Å². The molecule has 1 aliphatic rings. The number of hydrogen-bond donors (Lipinski definition) is 2. The molecule has 2 aromatic rings. The zero-order chi connectivity index (χ0) is 14.8. The van der Waals surface area contributed by atoms with Gasteiger partial charge in [0.1, 0.15) is 5.82 Å². The van der Waals surface area contributed by atoms with Crippen molar-refractivity contribution in [3.8, 4) is 0 Å². The molecule has 0 aromatic carbocycles. The van der Waals surface area contributed by atoms with Gasteiger partial charge in [0, 0.05) is 31.5 Å². The Hall–Kier alpha value is -1.92.